The highest BCUT2D eigenvalue weighted by Crippen LogP contribution is 1.97. The first kappa shape index (κ1) is 12.2. The third kappa shape index (κ3) is 4.74. The first-order valence-electron chi connectivity index (χ1n) is 3.93. The number of hydrogen-bond acceptors (Lipinski definition) is 4. The first-order valence-corrected chi connectivity index (χ1v) is 4.87. The van der Waals surface area contributed by atoms with Crippen molar-refractivity contribution in [2.75, 3.05) is 12.8 Å². The number of carbonyl (C=O) groups excluding carboxylic acids is 2. The standard InChI is InChI=1S/C7H14N2O3S/c1-3-6(10)9-5(4-13-12)7(11)8-2/h5,12H,3-4H2,1-2H3,(H,8,11)(H,9,10). The smallest absolute Gasteiger partial charge is 0.243 e. The van der Waals surface area contributed by atoms with Gasteiger partial charge in [0, 0.05) is 19.2 Å². The molecule has 0 fully saturated rings. The maximum absolute atomic E-state index is 11.1. The number of amides is 2. The molecule has 0 saturated carbocycles. The van der Waals surface area contributed by atoms with Crippen LogP contribution in [0.15, 0.2) is 0 Å². The zero-order valence-electron chi connectivity index (χ0n) is 7.66. The Morgan fingerprint density at radius 1 is 1.54 bits per heavy atom. The Bertz CT molecular complexity index is 187. The lowest BCUT2D eigenvalue weighted by Crippen LogP contribution is -2.47. The molecule has 1 atom stereocenters. The van der Waals surface area contributed by atoms with E-state index in [0.717, 1.165) is 0 Å². The number of rotatable bonds is 5. The molecule has 0 aliphatic carbocycles. The van der Waals surface area contributed by atoms with Gasteiger partial charge in [0.15, 0.2) is 0 Å². The van der Waals surface area contributed by atoms with Crippen LogP contribution in [0.4, 0.5) is 0 Å². The summed E-state index contributed by atoms with van der Waals surface area (Å²) >= 11 is 0.530. The molecule has 5 nitrogen and oxygen atoms in total. The van der Waals surface area contributed by atoms with Crippen LogP contribution in [0.25, 0.3) is 0 Å². The molecule has 1 unspecified atom stereocenters. The van der Waals surface area contributed by atoms with Gasteiger partial charge in [-0.1, -0.05) is 6.92 Å². The molecule has 0 aliphatic heterocycles. The summed E-state index contributed by atoms with van der Waals surface area (Å²) in [5, 5.41) is 4.89. The van der Waals surface area contributed by atoms with Gasteiger partial charge in [-0.2, -0.15) is 0 Å². The van der Waals surface area contributed by atoms with Crippen molar-refractivity contribution < 1.29 is 14.1 Å². The summed E-state index contributed by atoms with van der Waals surface area (Å²) in [5.74, 6) is -0.350. The number of nitrogens with one attached hydrogen (secondary N) is 2. The van der Waals surface area contributed by atoms with Crippen LogP contribution in [0, 0.1) is 0 Å². The van der Waals surface area contributed by atoms with Crippen LogP contribution in [0.3, 0.4) is 0 Å². The molecule has 76 valence electrons. The van der Waals surface area contributed by atoms with Gasteiger partial charge in [-0.25, -0.2) is 0 Å². The van der Waals surface area contributed by atoms with Gasteiger partial charge in [-0.15, -0.1) is 0 Å². The van der Waals surface area contributed by atoms with Crippen LogP contribution in [-0.4, -0.2) is 35.2 Å². The number of carbonyl (C=O) groups is 2. The van der Waals surface area contributed by atoms with Gasteiger partial charge in [0.05, 0.1) is 0 Å². The summed E-state index contributed by atoms with van der Waals surface area (Å²) in [4.78, 5) is 22.0. The van der Waals surface area contributed by atoms with Gasteiger partial charge in [0.2, 0.25) is 11.8 Å². The average molecular weight is 206 g/mol. The fourth-order valence-corrected chi connectivity index (χ4v) is 1.11. The van der Waals surface area contributed by atoms with Crippen molar-refractivity contribution in [1.29, 1.82) is 0 Å². The van der Waals surface area contributed by atoms with E-state index in [0.29, 0.717) is 18.5 Å². The van der Waals surface area contributed by atoms with Crippen molar-refractivity contribution in [3.05, 3.63) is 0 Å². The van der Waals surface area contributed by atoms with E-state index in [-0.39, 0.29) is 17.6 Å². The van der Waals surface area contributed by atoms with Crippen LogP contribution in [-0.2, 0) is 9.59 Å². The Morgan fingerprint density at radius 2 is 2.15 bits per heavy atom. The van der Waals surface area contributed by atoms with Crippen LogP contribution >= 0.6 is 12.0 Å². The molecule has 2 amide bonds. The van der Waals surface area contributed by atoms with Gasteiger partial charge in [0.1, 0.15) is 6.04 Å². The quantitative estimate of drug-likeness (QED) is 0.546. The van der Waals surface area contributed by atoms with Crippen molar-refractivity contribution in [1.82, 2.24) is 10.6 Å². The number of hydrogen-bond donors (Lipinski definition) is 3. The Hall–Kier alpha value is -0.750. The normalized spacial score (nSPS) is 11.9. The predicted molar refractivity (Wildman–Crippen MR) is 51.4 cm³/mol. The van der Waals surface area contributed by atoms with Gasteiger partial charge in [-0.05, 0) is 12.0 Å². The van der Waals surface area contributed by atoms with E-state index >= 15 is 0 Å². The highest BCUT2D eigenvalue weighted by atomic mass is 32.2. The molecule has 0 aromatic rings. The molecule has 0 saturated heterocycles. The molecule has 0 aromatic carbocycles. The van der Waals surface area contributed by atoms with Gasteiger partial charge in [-0.3, -0.25) is 9.59 Å². The molecule has 0 rings (SSSR count). The Kier molecular flexibility index (Phi) is 6.34. The maximum atomic E-state index is 11.1. The Balaban J connectivity index is 4.08. The van der Waals surface area contributed by atoms with Crippen molar-refractivity contribution in [2.45, 2.75) is 19.4 Å². The second-order valence-electron chi connectivity index (χ2n) is 2.38. The largest absolute Gasteiger partial charge is 0.357 e. The van der Waals surface area contributed by atoms with E-state index in [1.165, 1.54) is 7.05 Å². The van der Waals surface area contributed by atoms with Crippen molar-refractivity contribution in [3.8, 4) is 0 Å². The second kappa shape index (κ2) is 6.73. The van der Waals surface area contributed by atoms with E-state index in [1.54, 1.807) is 6.92 Å². The molecule has 0 bridgehead atoms. The third-order valence-electron chi connectivity index (χ3n) is 1.46. The molecule has 13 heavy (non-hydrogen) atoms. The number of likely N-dealkylation sites (N-methyl/N-ethyl adjacent to an activating group) is 1. The zero-order chi connectivity index (χ0) is 10.3. The fraction of sp³-hybridized carbons (Fsp3) is 0.714. The first-order chi connectivity index (χ1) is 6.15. The van der Waals surface area contributed by atoms with Crippen LogP contribution in [0.2, 0.25) is 0 Å². The van der Waals surface area contributed by atoms with Crippen molar-refractivity contribution in [2.24, 2.45) is 0 Å². The molecule has 0 radical (unpaired) electrons. The summed E-state index contributed by atoms with van der Waals surface area (Å²) in [6, 6.07) is -0.660. The van der Waals surface area contributed by atoms with Crippen molar-refractivity contribution in [3.63, 3.8) is 0 Å². The van der Waals surface area contributed by atoms with Gasteiger partial charge >= 0.3 is 0 Å². The maximum Gasteiger partial charge on any atom is 0.243 e. The molecular weight excluding hydrogens is 192 g/mol. The minimum absolute atomic E-state index is 0.158. The second-order valence-corrected chi connectivity index (χ2v) is 2.98. The summed E-state index contributed by atoms with van der Waals surface area (Å²) in [5.41, 5.74) is 0. The third-order valence-corrected chi connectivity index (χ3v) is 1.94. The van der Waals surface area contributed by atoms with Gasteiger partial charge < -0.3 is 15.2 Å². The zero-order valence-corrected chi connectivity index (χ0v) is 8.48. The minimum Gasteiger partial charge on any atom is -0.357 e. The summed E-state index contributed by atoms with van der Waals surface area (Å²) in [6.45, 7) is 1.70. The van der Waals surface area contributed by atoms with E-state index in [9.17, 15) is 9.59 Å². The summed E-state index contributed by atoms with van der Waals surface area (Å²) < 4.78 is 8.55. The highest BCUT2D eigenvalue weighted by Gasteiger charge is 2.18. The van der Waals surface area contributed by atoms with Crippen LogP contribution < -0.4 is 10.6 Å². The predicted octanol–water partition coefficient (Wildman–Crippen LogP) is -0.167. The molecule has 0 aromatic heterocycles. The van der Waals surface area contributed by atoms with Crippen LogP contribution in [0.1, 0.15) is 13.3 Å². The van der Waals surface area contributed by atoms with E-state index in [4.69, 9.17) is 4.55 Å². The molecule has 0 aliphatic rings. The Labute approximate surface area is 81.5 Å². The molecule has 0 heterocycles. The van der Waals surface area contributed by atoms with E-state index in [2.05, 4.69) is 10.6 Å². The monoisotopic (exact) mass is 206 g/mol. The molecular formula is C7H14N2O3S. The SMILES string of the molecule is CCC(=O)NC(CSO)C(=O)NC. The lowest BCUT2D eigenvalue weighted by Gasteiger charge is -2.14. The topological polar surface area (TPSA) is 78.4 Å². The molecule has 6 heteroatoms. The lowest BCUT2D eigenvalue weighted by atomic mass is 10.3. The molecule has 3 N–H and O–H groups in total. The average Bonchev–Trinajstić information content (AvgIpc) is 2.15. The van der Waals surface area contributed by atoms with Crippen LogP contribution in [0.5, 0.6) is 0 Å². The lowest BCUT2D eigenvalue weighted by molar-refractivity contribution is -0.128. The Morgan fingerprint density at radius 3 is 2.54 bits per heavy atom. The fourth-order valence-electron chi connectivity index (χ4n) is 0.728. The highest BCUT2D eigenvalue weighted by molar-refractivity contribution is 7.93. The van der Waals surface area contributed by atoms with Gasteiger partial charge in [0.25, 0.3) is 0 Å². The molecule has 0 spiro atoms. The van der Waals surface area contributed by atoms with E-state index in [1.807, 2.05) is 0 Å². The van der Waals surface area contributed by atoms with Crippen molar-refractivity contribution >= 4 is 23.9 Å². The summed E-state index contributed by atoms with van der Waals surface area (Å²) in [6.07, 6.45) is 0.323. The minimum atomic E-state index is -0.660. The summed E-state index contributed by atoms with van der Waals surface area (Å²) in [7, 11) is 1.48. The van der Waals surface area contributed by atoms with E-state index < -0.39 is 6.04 Å².